The maximum Gasteiger partial charge on any atom is 0.421 e. The van der Waals surface area contributed by atoms with Crippen molar-refractivity contribution < 1.29 is 19.0 Å². The molecule has 0 saturated carbocycles. The number of aliphatic imine (C=N–C) groups is 1. The number of carbonyl (C=O) groups excluding carboxylic acids is 3. The molecule has 1 unspecified atom stereocenters. The molecule has 9 nitrogen and oxygen atoms in total. The summed E-state index contributed by atoms with van der Waals surface area (Å²) >= 11 is 0. The zero-order valence-corrected chi connectivity index (χ0v) is 18.2. The molecule has 1 aromatic rings. The van der Waals surface area contributed by atoms with Gasteiger partial charge in [-0.05, 0) is 12.5 Å². The van der Waals surface area contributed by atoms with Crippen molar-refractivity contribution in [2.75, 3.05) is 20.6 Å². The fourth-order valence-corrected chi connectivity index (χ4v) is 3.38. The third-order valence-corrected chi connectivity index (χ3v) is 5.41. The number of Topliss-reactive ketones (excluding diaryl/α,β-unsaturated/α-hetero) is 1. The molecule has 0 bridgehead atoms. The van der Waals surface area contributed by atoms with Crippen LogP contribution in [0.2, 0.25) is 0 Å². The van der Waals surface area contributed by atoms with Gasteiger partial charge in [0.1, 0.15) is 5.69 Å². The van der Waals surface area contributed by atoms with Gasteiger partial charge in [0.2, 0.25) is 11.9 Å². The smallest absolute Gasteiger partial charge is 0.297 e. The molecule has 9 heteroatoms. The molecule has 1 aromatic heterocycles. The van der Waals surface area contributed by atoms with Crippen molar-refractivity contribution in [3.8, 4) is 0 Å². The van der Waals surface area contributed by atoms with Crippen molar-refractivity contribution in [1.82, 2.24) is 19.6 Å². The molecule has 3 amide bonds. The zero-order valence-electron chi connectivity index (χ0n) is 18.2. The minimum Gasteiger partial charge on any atom is -0.297 e. The topological polar surface area (TPSA) is 90.9 Å². The largest absolute Gasteiger partial charge is 0.421 e. The molecular weight excluding hydrogens is 372 g/mol. The monoisotopic (exact) mass is 401 g/mol. The fraction of sp³-hybridized carbons (Fsp3) is 0.600. The number of aryl methyl sites for hydroxylation is 2. The molecule has 0 N–H and O–H groups in total. The summed E-state index contributed by atoms with van der Waals surface area (Å²) in [6, 6.07) is 0.718. The average Bonchev–Trinajstić information content (AvgIpc) is 3.23. The summed E-state index contributed by atoms with van der Waals surface area (Å²) in [6.45, 7) is 9.12. The highest BCUT2D eigenvalue weighted by Crippen LogP contribution is 2.22. The number of amidine groups is 1. The number of hydrogen-bond acceptors (Lipinski definition) is 5. The summed E-state index contributed by atoms with van der Waals surface area (Å²) < 4.78 is 3.46. The number of rotatable bonds is 4. The molecule has 0 radical (unpaired) electrons. The molecule has 0 spiro atoms. The second-order valence-corrected chi connectivity index (χ2v) is 8.47. The van der Waals surface area contributed by atoms with Gasteiger partial charge in [-0.15, -0.1) is 9.78 Å². The molecule has 3 heterocycles. The van der Waals surface area contributed by atoms with Crippen molar-refractivity contribution in [1.29, 1.82) is 0 Å². The summed E-state index contributed by atoms with van der Waals surface area (Å²) in [5, 5.41) is 4.61. The number of aromatic nitrogens is 2. The van der Waals surface area contributed by atoms with Gasteiger partial charge >= 0.3 is 12.0 Å². The molecule has 2 aliphatic rings. The Balaban J connectivity index is 2.02. The summed E-state index contributed by atoms with van der Waals surface area (Å²) in [4.78, 5) is 45.5. The standard InChI is InChI=1S/C20H29N6O3/c1-8-12-10-13(9-2)26(22-12)18-21-16-15(23(18)6)17(28)25(19(29)24(16)7)11-14(27)20(3,4)5/h10,15H,8-9,11H2,1-7H3/q+1. The van der Waals surface area contributed by atoms with Gasteiger partial charge in [-0.1, -0.05) is 39.6 Å². The second kappa shape index (κ2) is 7.20. The SMILES string of the molecule is CCc1cc(CC)n(C2=[N+](C)C3C(=O)N(CC(=O)C(C)(C)C)C(=O)N(C)C3=N2)n1. The van der Waals surface area contributed by atoms with E-state index in [1.165, 1.54) is 4.90 Å². The number of urea groups is 1. The average molecular weight is 401 g/mol. The molecule has 1 atom stereocenters. The minimum atomic E-state index is -0.764. The first kappa shape index (κ1) is 20.9. The zero-order chi connectivity index (χ0) is 21.7. The van der Waals surface area contributed by atoms with Gasteiger partial charge < -0.3 is 0 Å². The summed E-state index contributed by atoms with van der Waals surface area (Å²) in [6.07, 6.45) is 1.55. The van der Waals surface area contributed by atoms with Crippen molar-refractivity contribution in [2.24, 2.45) is 10.4 Å². The van der Waals surface area contributed by atoms with Crippen LogP contribution in [0.3, 0.4) is 0 Å². The van der Waals surface area contributed by atoms with Gasteiger partial charge in [-0.25, -0.2) is 9.37 Å². The Morgan fingerprint density at radius 3 is 2.41 bits per heavy atom. The molecule has 2 aliphatic heterocycles. The van der Waals surface area contributed by atoms with Gasteiger partial charge in [-0.3, -0.25) is 19.4 Å². The third kappa shape index (κ3) is 3.38. The number of amides is 3. The van der Waals surface area contributed by atoms with Crippen LogP contribution < -0.4 is 0 Å². The van der Waals surface area contributed by atoms with Crippen molar-refractivity contribution in [3.63, 3.8) is 0 Å². The maximum atomic E-state index is 13.2. The quantitative estimate of drug-likeness (QED) is 0.708. The number of hydrogen-bond donors (Lipinski definition) is 0. The van der Waals surface area contributed by atoms with Crippen LogP contribution in [0.5, 0.6) is 0 Å². The molecule has 0 aromatic carbocycles. The Hall–Kier alpha value is -2.84. The number of carbonyl (C=O) groups is 3. The highest BCUT2D eigenvalue weighted by Gasteiger charge is 2.52. The van der Waals surface area contributed by atoms with Gasteiger partial charge in [-0.2, -0.15) is 0 Å². The lowest BCUT2D eigenvalue weighted by atomic mass is 9.90. The predicted molar refractivity (Wildman–Crippen MR) is 108 cm³/mol. The van der Waals surface area contributed by atoms with Gasteiger partial charge in [0.25, 0.3) is 5.91 Å². The molecule has 29 heavy (non-hydrogen) atoms. The first-order chi connectivity index (χ1) is 13.5. The van der Waals surface area contributed by atoms with Gasteiger partial charge in [0.15, 0.2) is 5.78 Å². The van der Waals surface area contributed by atoms with Crippen LogP contribution in [0.4, 0.5) is 4.79 Å². The number of fused-ring (bicyclic) bond motifs is 1. The summed E-state index contributed by atoms with van der Waals surface area (Å²) in [5.41, 5.74) is 1.27. The Bertz CT molecular complexity index is 950. The van der Waals surface area contributed by atoms with Crippen LogP contribution in [0.25, 0.3) is 0 Å². The number of nitrogens with zero attached hydrogens (tertiary/aromatic N) is 6. The molecule has 3 rings (SSSR count). The van der Waals surface area contributed by atoms with Crippen LogP contribution >= 0.6 is 0 Å². The van der Waals surface area contributed by atoms with E-state index in [0.29, 0.717) is 11.8 Å². The third-order valence-electron chi connectivity index (χ3n) is 5.41. The van der Waals surface area contributed by atoms with Crippen LogP contribution in [-0.4, -0.2) is 80.4 Å². The lowest BCUT2D eigenvalue weighted by molar-refractivity contribution is -0.507. The minimum absolute atomic E-state index is 0.175. The van der Waals surface area contributed by atoms with E-state index < -0.39 is 23.4 Å². The van der Waals surface area contributed by atoms with E-state index in [1.54, 1.807) is 44.1 Å². The first-order valence-electron chi connectivity index (χ1n) is 9.90. The highest BCUT2D eigenvalue weighted by atomic mass is 16.2. The molecule has 156 valence electrons. The molecule has 0 aliphatic carbocycles. The normalized spacial score (nSPS) is 19.8. The molecule has 1 fully saturated rings. The highest BCUT2D eigenvalue weighted by molar-refractivity contribution is 6.23. The molecular formula is C20H29N6O3+. The van der Waals surface area contributed by atoms with E-state index >= 15 is 0 Å². The van der Waals surface area contributed by atoms with E-state index in [9.17, 15) is 14.4 Å². The van der Waals surface area contributed by atoms with Crippen LogP contribution in [0.15, 0.2) is 11.1 Å². The number of likely N-dealkylation sites (N-methyl/N-ethyl adjacent to an activating group) is 2. The number of imide groups is 1. The fourth-order valence-electron chi connectivity index (χ4n) is 3.38. The van der Waals surface area contributed by atoms with Crippen LogP contribution in [0.1, 0.15) is 46.0 Å². The maximum absolute atomic E-state index is 13.2. The van der Waals surface area contributed by atoms with E-state index in [-0.39, 0.29) is 12.3 Å². The van der Waals surface area contributed by atoms with Crippen molar-refractivity contribution >= 4 is 29.5 Å². The van der Waals surface area contributed by atoms with Crippen molar-refractivity contribution in [3.05, 3.63) is 17.5 Å². The summed E-state index contributed by atoms with van der Waals surface area (Å²) in [5.74, 6) is 0.236. The Labute approximate surface area is 170 Å². The van der Waals surface area contributed by atoms with Gasteiger partial charge in [0, 0.05) is 18.9 Å². The van der Waals surface area contributed by atoms with E-state index in [0.717, 1.165) is 29.1 Å². The molecule has 1 saturated heterocycles. The summed E-state index contributed by atoms with van der Waals surface area (Å²) in [7, 11) is 3.34. The van der Waals surface area contributed by atoms with Crippen molar-refractivity contribution in [2.45, 2.75) is 53.5 Å². The second-order valence-electron chi connectivity index (χ2n) is 8.47. The van der Waals surface area contributed by atoms with E-state index in [4.69, 9.17) is 0 Å². The Morgan fingerprint density at radius 1 is 1.21 bits per heavy atom. The van der Waals surface area contributed by atoms with Crippen LogP contribution in [0, 0.1) is 5.41 Å². The van der Waals surface area contributed by atoms with E-state index in [2.05, 4.69) is 10.1 Å². The van der Waals surface area contributed by atoms with Crippen LogP contribution in [-0.2, 0) is 22.4 Å². The predicted octanol–water partition coefficient (Wildman–Crippen LogP) is 1.14. The van der Waals surface area contributed by atoms with E-state index in [1.807, 2.05) is 19.9 Å². The number of ketones is 1. The Morgan fingerprint density at radius 2 is 1.86 bits per heavy atom. The lowest BCUT2D eigenvalue weighted by Crippen LogP contribution is -2.63. The lowest BCUT2D eigenvalue weighted by Gasteiger charge is -2.34. The van der Waals surface area contributed by atoms with Gasteiger partial charge in [0.05, 0.1) is 19.3 Å². The first-order valence-corrected chi connectivity index (χ1v) is 9.90. The Kier molecular flexibility index (Phi) is 5.19.